The summed E-state index contributed by atoms with van der Waals surface area (Å²) in [7, 11) is 0. The number of piperazine rings is 1. The zero-order valence-corrected chi connectivity index (χ0v) is 7.75. The van der Waals surface area contributed by atoms with Crippen molar-refractivity contribution in [2.24, 2.45) is 5.92 Å². The molecule has 0 aliphatic carbocycles. The van der Waals surface area contributed by atoms with Gasteiger partial charge in [-0.3, -0.25) is 0 Å². The van der Waals surface area contributed by atoms with E-state index in [4.69, 9.17) is 0 Å². The van der Waals surface area contributed by atoms with Gasteiger partial charge in [0, 0.05) is 39.1 Å². The standard InChI is InChI=1S/C9H18N2O/c1-9(2-7-12)8-11-5-3-10-4-6-11/h7,9-10H,2-6,8H2,1H3. The number of aldehydes is 1. The molecular weight excluding hydrogens is 152 g/mol. The lowest BCUT2D eigenvalue weighted by Crippen LogP contribution is -2.45. The quantitative estimate of drug-likeness (QED) is 0.608. The fourth-order valence-corrected chi connectivity index (χ4v) is 1.57. The van der Waals surface area contributed by atoms with E-state index in [0.29, 0.717) is 12.3 Å². The van der Waals surface area contributed by atoms with Crippen LogP contribution in [0.15, 0.2) is 0 Å². The maximum Gasteiger partial charge on any atom is 0.120 e. The Morgan fingerprint density at radius 3 is 2.75 bits per heavy atom. The van der Waals surface area contributed by atoms with Gasteiger partial charge in [-0.05, 0) is 5.92 Å². The summed E-state index contributed by atoms with van der Waals surface area (Å²) in [6, 6.07) is 0. The van der Waals surface area contributed by atoms with E-state index in [2.05, 4.69) is 17.1 Å². The Bertz CT molecular complexity index is 132. The van der Waals surface area contributed by atoms with Crippen LogP contribution in [-0.4, -0.2) is 43.9 Å². The van der Waals surface area contributed by atoms with Crippen molar-refractivity contribution < 1.29 is 4.79 Å². The molecule has 1 atom stereocenters. The summed E-state index contributed by atoms with van der Waals surface area (Å²) in [5.41, 5.74) is 0. The van der Waals surface area contributed by atoms with Crippen LogP contribution < -0.4 is 5.32 Å². The fourth-order valence-electron chi connectivity index (χ4n) is 1.57. The molecule has 0 radical (unpaired) electrons. The van der Waals surface area contributed by atoms with Crippen LogP contribution in [0.25, 0.3) is 0 Å². The minimum absolute atomic E-state index is 0.514. The average Bonchev–Trinajstić information content (AvgIpc) is 2.06. The minimum Gasteiger partial charge on any atom is -0.314 e. The monoisotopic (exact) mass is 170 g/mol. The molecule has 70 valence electrons. The maximum atomic E-state index is 10.2. The zero-order chi connectivity index (χ0) is 8.81. The highest BCUT2D eigenvalue weighted by molar-refractivity contribution is 5.49. The van der Waals surface area contributed by atoms with E-state index in [1.54, 1.807) is 0 Å². The number of carbonyl (C=O) groups excluding carboxylic acids is 1. The molecule has 0 aromatic rings. The number of carbonyl (C=O) groups is 1. The predicted octanol–water partition coefficient (Wildman–Crippen LogP) is 0.117. The first-order valence-electron chi connectivity index (χ1n) is 4.69. The summed E-state index contributed by atoms with van der Waals surface area (Å²) in [6.45, 7) is 7.64. The topological polar surface area (TPSA) is 32.3 Å². The third-order valence-electron chi connectivity index (χ3n) is 2.28. The molecule has 0 amide bonds. The molecule has 1 aliphatic rings. The first kappa shape index (κ1) is 9.68. The van der Waals surface area contributed by atoms with Crippen LogP contribution >= 0.6 is 0 Å². The van der Waals surface area contributed by atoms with Gasteiger partial charge in [0.15, 0.2) is 0 Å². The van der Waals surface area contributed by atoms with Gasteiger partial charge in [-0.25, -0.2) is 0 Å². The average molecular weight is 170 g/mol. The molecule has 0 aromatic carbocycles. The Balaban J connectivity index is 2.15. The van der Waals surface area contributed by atoms with Crippen molar-refractivity contribution in [3.05, 3.63) is 0 Å². The zero-order valence-electron chi connectivity index (χ0n) is 7.75. The summed E-state index contributed by atoms with van der Waals surface area (Å²) in [4.78, 5) is 12.6. The largest absolute Gasteiger partial charge is 0.314 e. The number of nitrogens with zero attached hydrogens (tertiary/aromatic N) is 1. The molecule has 1 fully saturated rings. The molecule has 0 spiro atoms. The summed E-state index contributed by atoms with van der Waals surface area (Å²) >= 11 is 0. The van der Waals surface area contributed by atoms with Crippen LogP contribution in [0.5, 0.6) is 0 Å². The molecular formula is C9H18N2O. The molecule has 1 aliphatic heterocycles. The molecule has 0 aromatic heterocycles. The van der Waals surface area contributed by atoms with Crippen molar-refractivity contribution in [1.82, 2.24) is 10.2 Å². The highest BCUT2D eigenvalue weighted by Gasteiger charge is 2.12. The van der Waals surface area contributed by atoms with Gasteiger partial charge in [0.25, 0.3) is 0 Å². The molecule has 1 saturated heterocycles. The highest BCUT2D eigenvalue weighted by Crippen LogP contribution is 2.03. The fraction of sp³-hybridized carbons (Fsp3) is 0.889. The number of hydrogen-bond donors (Lipinski definition) is 1. The normalized spacial score (nSPS) is 22.1. The maximum absolute atomic E-state index is 10.2. The summed E-state index contributed by atoms with van der Waals surface area (Å²) < 4.78 is 0. The van der Waals surface area contributed by atoms with Gasteiger partial charge in [-0.1, -0.05) is 6.92 Å². The summed E-state index contributed by atoms with van der Waals surface area (Å²) in [5.74, 6) is 0.514. The van der Waals surface area contributed by atoms with Gasteiger partial charge in [-0.2, -0.15) is 0 Å². The minimum atomic E-state index is 0.514. The van der Waals surface area contributed by atoms with E-state index >= 15 is 0 Å². The van der Waals surface area contributed by atoms with Crippen LogP contribution in [-0.2, 0) is 4.79 Å². The molecule has 12 heavy (non-hydrogen) atoms. The molecule has 0 saturated carbocycles. The van der Waals surface area contributed by atoms with Crippen LogP contribution in [0, 0.1) is 5.92 Å². The Kier molecular flexibility index (Phi) is 4.25. The second kappa shape index (κ2) is 5.27. The second-order valence-corrected chi connectivity index (χ2v) is 3.56. The SMILES string of the molecule is CC(CC=O)CN1CCNCC1. The highest BCUT2D eigenvalue weighted by atomic mass is 16.1. The summed E-state index contributed by atoms with van der Waals surface area (Å²) in [5, 5.41) is 3.31. The first-order valence-corrected chi connectivity index (χ1v) is 4.69. The van der Waals surface area contributed by atoms with Crippen molar-refractivity contribution in [2.75, 3.05) is 32.7 Å². The Morgan fingerprint density at radius 1 is 1.50 bits per heavy atom. The van der Waals surface area contributed by atoms with Crippen molar-refractivity contribution in [3.63, 3.8) is 0 Å². The van der Waals surface area contributed by atoms with Gasteiger partial charge in [0.2, 0.25) is 0 Å². The van der Waals surface area contributed by atoms with E-state index in [0.717, 1.165) is 39.0 Å². The molecule has 1 N–H and O–H groups in total. The lowest BCUT2D eigenvalue weighted by molar-refractivity contribution is -0.108. The Morgan fingerprint density at radius 2 is 2.17 bits per heavy atom. The molecule has 1 heterocycles. The third kappa shape index (κ3) is 3.32. The molecule has 3 nitrogen and oxygen atoms in total. The van der Waals surface area contributed by atoms with Gasteiger partial charge in [0.1, 0.15) is 6.29 Å². The predicted molar refractivity (Wildman–Crippen MR) is 49.2 cm³/mol. The van der Waals surface area contributed by atoms with Crippen LogP contribution in [0.3, 0.4) is 0 Å². The van der Waals surface area contributed by atoms with Crippen LogP contribution in [0.4, 0.5) is 0 Å². The van der Waals surface area contributed by atoms with Gasteiger partial charge < -0.3 is 15.0 Å². The lowest BCUT2D eigenvalue weighted by atomic mass is 10.1. The second-order valence-electron chi connectivity index (χ2n) is 3.56. The lowest BCUT2D eigenvalue weighted by Gasteiger charge is -2.29. The van der Waals surface area contributed by atoms with Gasteiger partial charge >= 0.3 is 0 Å². The van der Waals surface area contributed by atoms with E-state index in [-0.39, 0.29) is 0 Å². The van der Waals surface area contributed by atoms with Crippen LogP contribution in [0.1, 0.15) is 13.3 Å². The Hall–Kier alpha value is -0.410. The van der Waals surface area contributed by atoms with E-state index in [1.807, 2.05) is 0 Å². The number of nitrogens with one attached hydrogen (secondary N) is 1. The van der Waals surface area contributed by atoms with Crippen molar-refractivity contribution in [2.45, 2.75) is 13.3 Å². The van der Waals surface area contributed by atoms with Crippen molar-refractivity contribution in [3.8, 4) is 0 Å². The molecule has 1 unspecified atom stereocenters. The Labute approximate surface area is 74.1 Å². The van der Waals surface area contributed by atoms with E-state index < -0.39 is 0 Å². The van der Waals surface area contributed by atoms with E-state index in [9.17, 15) is 4.79 Å². The van der Waals surface area contributed by atoms with Crippen molar-refractivity contribution in [1.29, 1.82) is 0 Å². The molecule has 1 rings (SSSR count). The van der Waals surface area contributed by atoms with Crippen molar-refractivity contribution >= 4 is 6.29 Å². The molecule has 3 heteroatoms. The smallest absolute Gasteiger partial charge is 0.120 e. The summed E-state index contributed by atoms with van der Waals surface area (Å²) in [6.07, 6.45) is 1.72. The molecule has 0 bridgehead atoms. The van der Waals surface area contributed by atoms with E-state index in [1.165, 1.54) is 0 Å². The van der Waals surface area contributed by atoms with Crippen LogP contribution in [0.2, 0.25) is 0 Å². The number of rotatable bonds is 4. The van der Waals surface area contributed by atoms with Gasteiger partial charge in [-0.15, -0.1) is 0 Å². The number of hydrogen-bond acceptors (Lipinski definition) is 3. The van der Waals surface area contributed by atoms with Gasteiger partial charge in [0.05, 0.1) is 0 Å². The first-order chi connectivity index (χ1) is 5.83. The third-order valence-corrected chi connectivity index (χ3v) is 2.28.